The van der Waals surface area contributed by atoms with Gasteiger partial charge in [0.05, 0.1) is 6.42 Å². The lowest BCUT2D eigenvalue weighted by molar-refractivity contribution is -0.160. The molecule has 1 amide bonds. The second-order valence-electron chi connectivity index (χ2n) is 4.96. The lowest BCUT2D eigenvalue weighted by Crippen LogP contribution is -2.44. The van der Waals surface area contributed by atoms with Crippen LogP contribution in [0.1, 0.15) is 26.7 Å². The fourth-order valence-electron chi connectivity index (χ4n) is 1.62. The number of hydrogen-bond acceptors (Lipinski definition) is 2. The highest BCUT2D eigenvalue weighted by molar-refractivity contribution is 5.87. The largest absolute Gasteiger partial charge is 0.480 e. The van der Waals surface area contributed by atoms with Crippen LogP contribution >= 0.6 is 0 Å². The molecular weight excluding hydrogens is 239 g/mol. The zero-order chi connectivity index (χ0) is 13.4. The van der Waals surface area contributed by atoms with Crippen molar-refractivity contribution in [2.75, 3.05) is 0 Å². The Morgan fingerprint density at radius 2 is 1.94 bits per heavy atom. The maximum atomic E-state index is 12.1. The predicted molar refractivity (Wildman–Crippen MR) is 52.1 cm³/mol. The van der Waals surface area contributed by atoms with E-state index in [4.69, 9.17) is 5.11 Å². The van der Waals surface area contributed by atoms with Crippen LogP contribution in [0.5, 0.6) is 0 Å². The highest BCUT2D eigenvalue weighted by Crippen LogP contribution is 2.51. The summed E-state index contributed by atoms with van der Waals surface area (Å²) in [5.74, 6) is -2.68. The number of carboxylic acid groups (broad SMARTS) is 1. The number of rotatable bonds is 4. The number of amides is 1. The van der Waals surface area contributed by atoms with Gasteiger partial charge in [0.1, 0.15) is 6.04 Å². The summed E-state index contributed by atoms with van der Waals surface area (Å²) in [5, 5.41) is 10.5. The average Bonchev–Trinajstić information content (AvgIpc) is 2.71. The quantitative estimate of drug-likeness (QED) is 0.798. The normalized spacial score (nSPS) is 23.9. The fourth-order valence-corrected chi connectivity index (χ4v) is 1.62. The number of carbonyl (C=O) groups is 2. The van der Waals surface area contributed by atoms with Crippen LogP contribution in [-0.2, 0) is 9.59 Å². The topological polar surface area (TPSA) is 66.4 Å². The smallest absolute Gasteiger partial charge is 0.391 e. The van der Waals surface area contributed by atoms with Crippen molar-refractivity contribution < 1.29 is 27.9 Å². The molecule has 4 nitrogen and oxygen atoms in total. The maximum Gasteiger partial charge on any atom is 0.391 e. The first-order chi connectivity index (χ1) is 7.53. The van der Waals surface area contributed by atoms with Crippen molar-refractivity contribution in [1.29, 1.82) is 0 Å². The third kappa shape index (κ3) is 3.90. The number of nitrogens with one attached hydrogen (secondary N) is 1. The zero-order valence-corrected chi connectivity index (χ0v) is 9.47. The zero-order valence-electron chi connectivity index (χ0n) is 9.47. The predicted octanol–water partition coefficient (Wildman–Crippen LogP) is 1.55. The van der Waals surface area contributed by atoms with E-state index in [-0.39, 0.29) is 5.41 Å². The standard InChI is InChI=1S/C10H14F3NO3/c1-9(2)3-5(9)7(15)14-6(8(16)17)4-10(11,12)13/h5-6H,3-4H2,1-2H3,(H,14,15)(H,16,17). The van der Waals surface area contributed by atoms with Gasteiger partial charge in [-0.3, -0.25) is 4.79 Å². The number of carbonyl (C=O) groups excluding carboxylic acids is 1. The van der Waals surface area contributed by atoms with E-state index < -0.39 is 36.4 Å². The monoisotopic (exact) mass is 253 g/mol. The summed E-state index contributed by atoms with van der Waals surface area (Å²) in [5.41, 5.74) is -0.245. The molecule has 0 spiro atoms. The van der Waals surface area contributed by atoms with Crippen LogP contribution < -0.4 is 5.32 Å². The molecule has 0 bridgehead atoms. The van der Waals surface area contributed by atoms with E-state index in [0.29, 0.717) is 6.42 Å². The molecule has 0 heterocycles. The minimum Gasteiger partial charge on any atom is -0.480 e. The minimum atomic E-state index is -4.62. The molecule has 2 unspecified atom stereocenters. The molecule has 0 aliphatic heterocycles. The van der Waals surface area contributed by atoms with Gasteiger partial charge < -0.3 is 10.4 Å². The van der Waals surface area contributed by atoms with Crippen molar-refractivity contribution in [2.45, 2.75) is 38.9 Å². The van der Waals surface area contributed by atoms with Crippen LogP contribution in [0.25, 0.3) is 0 Å². The Bertz CT molecular complexity index is 338. The number of alkyl halides is 3. The number of carboxylic acids is 1. The summed E-state index contributed by atoms with van der Waals surface area (Å²) >= 11 is 0. The van der Waals surface area contributed by atoms with Crippen LogP contribution in [0.15, 0.2) is 0 Å². The van der Waals surface area contributed by atoms with Crippen molar-refractivity contribution in [1.82, 2.24) is 5.32 Å². The molecule has 1 saturated carbocycles. The van der Waals surface area contributed by atoms with Crippen molar-refractivity contribution in [3.05, 3.63) is 0 Å². The number of aliphatic carboxylic acids is 1. The van der Waals surface area contributed by atoms with E-state index >= 15 is 0 Å². The third-order valence-corrected chi connectivity index (χ3v) is 2.88. The van der Waals surface area contributed by atoms with Crippen LogP contribution in [0.3, 0.4) is 0 Å². The van der Waals surface area contributed by atoms with E-state index in [2.05, 4.69) is 0 Å². The van der Waals surface area contributed by atoms with E-state index in [1.807, 2.05) is 5.32 Å². The number of halogens is 3. The summed E-state index contributed by atoms with van der Waals surface area (Å²) in [4.78, 5) is 22.1. The van der Waals surface area contributed by atoms with Gasteiger partial charge in [-0.25, -0.2) is 4.79 Å². The first-order valence-electron chi connectivity index (χ1n) is 5.13. The SMILES string of the molecule is CC1(C)CC1C(=O)NC(CC(F)(F)F)C(=O)O. The van der Waals surface area contributed by atoms with E-state index in [9.17, 15) is 22.8 Å². The summed E-state index contributed by atoms with van der Waals surface area (Å²) in [7, 11) is 0. The highest BCUT2D eigenvalue weighted by atomic mass is 19.4. The summed E-state index contributed by atoms with van der Waals surface area (Å²) in [6, 6.07) is -1.90. The van der Waals surface area contributed by atoms with Crippen molar-refractivity contribution in [3.8, 4) is 0 Å². The van der Waals surface area contributed by atoms with Gasteiger partial charge in [-0.05, 0) is 11.8 Å². The van der Waals surface area contributed by atoms with Crippen LogP contribution in [0.4, 0.5) is 13.2 Å². The summed E-state index contributed by atoms with van der Waals surface area (Å²) in [6.07, 6.45) is -5.60. The molecule has 1 fully saturated rings. The minimum absolute atomic E-state index is 0.245. The molecule has 1 rings (SSSR count). The Morgan fingerprint density at radius 3 is 2.24 bits per heavy atom. The van der Waals surface area contributed by atoms with Gasteiger partial charge in [-0.15, -0.1) is 0 Å². The second-order valence-corrected chi connectivity index (χ2v) is 4.96. The molecule has 0 saturated heterocycles. The van der Waals surface area contributed by atoms with E-state index in [0.717, 1.165) is 0 Å². The molecule has 17 heavy (non-hydrogen) atoms. The van der Waals surface area contributed by atoms with Gasteiger partial charge in [-0.1, -0.05) is 13.8 Å². The third-order valence-electron chi connectivity index (χ3n) is 2.88. The van der Waals surface area contributed by atoms with E-state index in [1.54, 1.807) is 13.8 Å². The van der Waals surface area contributed by atoms with Gasteiger partial charge in [0.15, 0.2) is 0 Å². The lowest BCUT2D eigenvalue weighted by Gasteiger charge is -2.16. The van der Waals surface area contributed by atoms with Crippen molar-refractivity contribution >= 4 is 11.9 Å². The van der Waals surface area contributed by atoms with E-state index in [1.165, 1.54) is 0 Å². The van der Waals surface area contributed by atoms with Gasteiger partial charge in [-0.2, -0.15) is 13.2 Å². The van der Waals surface area contributed by atoms with Crippen LogP contribution in [0, 0.1) is 11.3 Å². The molecule has 98 valence electrons. The Hall–Kier alpha value is -1.27. The molecule has 2 atom stereocenters. The van der Waals surface area contributed by atoms with Gasteiger partial charge in [0.2, 0.25) is 5.91 Å². The van der Waals surface area contributed by atoms with Crippen molar-refractivity contribution in [3.63, 3.8) is 0 Å². The first kappa shape index (κ1) is 13.8. The van der Waals surface area contributed by atoms with Gasteiger partial charge in [0.25, 0.3) is 0 Å². The van der Waals surface area contributed by atoms with Crippen LogP contribution in [-0.4, -0.2) is 29.2 Å². The summed E-state index contributed by atoms with van der Waals surface area (Å²) in [6.45, 7) is 3.60. The first-order valence-corrected chi connectivity index (χ1v) is 5.13. The molecule has 0 aromatic carbocycles. The average molecular weight is 253 g/mol. The highest BCUT2D eigenvalue weighted by Gasteiger charge is 2.51. The molecule has 0 aromatic heterocycles. The van der Waals surface area contributed by atoms with Gasteiger partial charge >= 0.3 is 12.1 Å². The van der Waals surface area contributed by atoms with Gasteiger partial charge in [0, 0.05) is 5.92 Å². The maximum absolute atomic E-state index is 12.1. The Morgan fingerprint density at radius 1 is 1.47 bits per heavy atom. The number of hydrogen-bond donors (Lipinski definition) is 2. The molecule has 0 aromatic rings. The van der Waals surface area contributed by atoms with Crippen molar-refractivity contribution in [2.24, 2.45) is 11.3 Å². The molecule has 1 aliphatic rings. The molecular formula is C10H14F3NO3. The lowest BCUT2D eigenvalue weighted by atomic mass is 10.1. The fraction of sp³-hybridized carbons (Fsp3) is 0.800. The van der Waals surface area contributed by atoms with Crippen LogP contribution in [0.2, 0.25) is 0 Å². The Kier molecular flexibility index (Phi) is 3.40. The molecule has 7 heteroatoms. The Balaban J connectivity index is 2.56. The Labute approximate surface area is 96.2 Å². The molecule has 2 N–H and O–H groups in total. The molecule has 1 aliphatic carbocycles. The molecule has 0 radical (unpaired) electrons. The second kappa shape index (κ2) is 4.19. The summed E-state index contributed by atoms with van der Waals surface area (Å²) < 4.78 is 36.2.